The Morgan fingerprint density at radius 2 is 2.24 bits per heavy atom. The molecule has 1 atom stereocenters. The van der Waals surface area contributed by atoms with E-state index in [9.17, 15) is 0 Å². The normalized spacial score (nSPS) is 12.5. The van der Waals surface area contributed by atoms with E-state index in [1.54, 1.807) is 7.11 Å². The van der Waals surface area contributed by atoms with Crippen molar-refractivity contribution < 1.29 is 4.74 Å². The highest BCUT2D eigenvalue weighted by Gasteiger charge is 2.14. The highest BCUT2D eigenvalue weighted by atomic mass is 127. The average molecular weight is 343 g/mol. The minimum absolute atomic E-state index is 0.108. The second-order valence-corrected chi connectivity index (χ2v) is 5.03. The summed E-state index contributed by atoms with van der Waals surface area (Å²) in [7, 11) is 1.65. The maximum atomic E-state index is 6.01. The summed E-state index contributed by atoms with van der Waals surface area (Å²) in [5, 5.41) is 4.30. The topological polar surface area (TPSA) is 53.1 Å². The summed E-state index contributed by atoms with van der Waals surface area (Å²) in [5.41, 5.74) is 7.94. The van der Waals surface area contributed by atoms with Gasteiger partial charge in [0.1, 0.15) is 5.75 Å². The summed E-state index contributed by atoms with van der Waals surface area (Å²) in [5.74, 6) is 0.794. The van der Waals surface area contributed by atoms with Crippen LogP contribution in [0.4, 0.5) is 0 Å². The Hall–Kier alpha value is -1.08. The number of hydrogen-bond donors (Lipinski definition) is 1. The largest absolute Gasteiger partial charge is 0.496 e. The molecule has 0 fully saturated rings. The zero-order chi connectivity index (χ0) is 12.4. The molecule has 2 aromatic rings. The molecule has 0 bridgehead atoms. The van der Waals surface area contributed by atoms with E-state index < -0.39 is 0 Å². The van der Waals surface area contributed by atoms with Crippen LogP contribution in [0, 0.1) is 3.57 Å². The first kappa shape index (κ1) is 12.4. The third kappa shape index (κ3) is 2.44. The zero-order valence-corrected chi connectivity index (χ0v) is 11.9. The van der Waals surface area contributed by atoms with Gasteiger partial charge in [-0.05, 0) is 41.6 Å². The van der Waals surface area contributed by atoms with Gasteiger partial charge in [0.2, 0.25) is 0 Å². The molecule has 0 aliphatic carbocycles. The minimum atomic E-state index is -0.108. The first-order valence-electron chi connectivity index (χ1n) is 5.26. The Morgan fingerprint density at radius 3 is 2.76 bits per heavy atom. The lowest BCUT2D eigenvalue weighted by Gasteiger charge is -2.16. The van der Waals surface area contributed by atoms with Crippen LogP contribution in [0.1, 0.15) is 18.5 Å². The maximum absolute atomic E-state index is 6.01. The number of rotatable bonds is 3. The van der Waals surface area contributed by atoms with Crippen molar-refractivity contribution >= 4 is 22.6 Å². The number of nitrogens with two attached hydrogens (primary N) is 1. The van der Waals surface area contributed by atoms with Crippen LogP contribution < -0.4 is 10.5 Å². The molecule has 17 heavy (non-hydrogen) atoms. The summed E-state index contributed by atoms with van der Waals surface area (Å²) in [6, 6.07) is 5.73. The molecule has 1 aromatic heterocycles. The standard InChI is InChI=1S/C12H14IN3O/c1-8(14)12-10(4-3-5-11(12)17-2)16-7-9(13)6-15-16/h3-8H,14H2,1-2H3. The molecule has 0 aliphatic heterocycles. The predicted octanol–water partition coefficient (Wildman–Crippen LogP) is 2.51. The van der Waals surface area contributed by atoms with Crippen molar-refractivity contribution in [1.29, 1.82) is 0 Å². The van der Waals surface area contributed by atoms with Crippen molar-refractivity contribution in [2.45, 2.75) is 13.0 Å². The molecule has 2 rings (SSSR count). The van der Waals surface area contributed by atoms with Crippen LogP contribution in [0.3, 0.4) is 0 Å². The second kappa shape index (κ2) is 5.05. The molecular weight excluding hydrogens is 329 g/mol. The van der Waals surface area contributed by atoms with Gasteiger partial charge in [0.05, 0.1) is 22.6 Å². The van der Waals surface area contributed by atoms with Gasteiger partial charge >= 0.3 is 0 Å². The van der Waals surface area contributed by atoms with Crippen molar-refractivity contribution in [2.75, 3.05) is 7.11 Å². The van der Waals surface area contributed by atoms with Crippen LogP contribution in [0.5, 0.6) is 5.75 Å². The summed E-state index contributed by atoms with van der Waals surface area (Å²) in [6.45, 7) is 1.94. The first-order chi connectivity index (χ1) is 8.13. The lowest BCUT2D eigenvalue weighted by molar-refractivity contribution is 0.406. The lowest BCUT2D eigenvalue weighted by atomic mass is 10.1. The van der Waals surface area contributed by atoms with E-state index >= 15 is 0 Å². The highest BCUT2D eigenvalue weighted by molar-refractivity contribution is 14.1. The Balaban J connectivity index is 2.60. The monoisotopic (exact) mass is 343 g/mol. The van der Waals surface area contributed by atoms with Crippen molar-refractivity contribution in [2.24, 2.45) is 5.73 Å². The van der Waals surface area contributed by atoms with E-state index in [1.807, 2.05) is 42.2 Å². The third-order valence-electron chi connectivity index (χ3n) is 2.52. The highest BCUT2D eigenvalue weighted by Crippen LogP contribution is 2.29. The number of nitrogens with zero attached hydrogens (tertiary/aromatic N) is 2. The molecule has 1 heterocycles. The van der Waals surface area contributed by atoms with Crippen LogP contribution in [-0.2, 0) is 0 Å². The quantitative estimate of drug-likeness (QED) is 0.872. The fourth-order valence-electron chi connectivity index (χ4n) is 1.80. The number of hydrogen-bond acceptors (Lipinski definition) is 3. The molecule has 0 spiro atoms. The SMILES string of the molecule is COc1cccc(-n2cc(I)cn2)c1C(C)N. The fourth-order valence-corrected chi connectivity index (χ4v) is 2.19. The van der Waals surface area contributed by atoms with E-state index in [1.165, 1.54) is 0 Å². The van der Waals surface area contributed by atoms with Crippen molar-refractivity contribution in [1.82, 2.24) is 9.78 Å². The molecular formula is C12H14IN3O. The van der Waals surface area contributed by atoms with E-state index in [0.29, 0.717) is 0 Å². The predicted molar refractivity (Wildman–Crippen MR) is 75.4 cm³/mol. The zero-order valence-electron chi connectivity index (χ0n) is 9.72. The lowest BCUT2D eigenvalue weighted by Crippen LogP contribution is -2.11. The summed E-state index contributed by atoms with van der Waals surface area (Å²) >= 11 is 2.23. The van der Waals surface area contributed by atoms with Gasteiger partial charge in [0.25, 0.3) is 0 Å². The summed E-state index contributed by atoms with van der Waals surface area (Å²) in [6.07, 6.45) is 3.77. The molecule has 5 heteroatoms. The molecule has 1 unspecified atom stereocenters. The van der Waals surface area contributed by atoms with Gasteiger partial charge in [-0.2, -0.15) is 5.10 Å². The van der Waals surface area contributed by atoms with E-state index in [4.69, 9.17) is 10.5 Å². The average Bonchev–Trinajstić information content (AvgIpc) is 2.74. The first-order valence-corrected chi connectivity index (χ1v) is 6.34. The number of halogens is 1. The van der Waals surface area contributed by atoms with Crippen molar-refractivity contribution in [3.8, 4) is 11.4 Å². The summed E-state index contributed by atoms with van der Waals surface area (Å²) in [4.78, 5) is 0. The Morgan fingerprint density at radius 1 is 1.47 bits per heavy atom. The van der Waals surface area contributed by atoms with Gasteiger partial charge in [-0.15, -0.1) is 0 Å². The van der Waals surface area contributed by atoms with Gasteiger partial charge < -0.3 is 10.5 Å². The molecule has 0 amide bonds. The van der Waals surface area contributed by atoms with Gasteiger partial charge in [0.15, 0.2) is 0 Å². The number of aromatic nitrogens is 2. The molecule has 0 saturated carbocycles. The minimum Gasteiger partial charge on any atom is -0.496 e. The summed E-state index contributed by atoms with van der Waals surface area (Å²) < 4.78 is 8.26. The molecule has 0 radical (unpaired) electrons. The smallest absolute Gasteiger partial charge is 0.125 e. The Bertz CT molecular complexity index is 522. The van der Waals surface area contributed by atoms with Gasteiger partial charge in [-0.3, -0.25) is 0 Å². The van der Waals surface area contributed by atoms with Crippen LogP contribution in [-0.4, -0.2) is 16.9 Å². The van der Waals surface area contributed by atoms with Gasteiger partial charge in [-0.25, -0.2) is 4.68 Å². The Labute approximate surface area is 114 Å². The van der Waals surface area contributed by atoms with Crippen LogP contribution >= 0.6 is 22.6 Å². The molecule has 90 valence electrons. The van der Waals surface area contributed by atoms with Crippen LogP contribution in [0.2, 0.25) is 0 Å². The molecule has 2 N–H and O–H groups in total. The number of benzene rings is 1. The van der Waals surface area contributed by atoms with E-state index in [0.717, 1.165) is 20.6 Å². The molecule has 0 aliphatic rings. The van der Waals surface area contributed by atoms with Crippen molar-refractivity contribution in [3.05, 3.63) is 39.7 Å². The van der Waals surface area contributed by atoms with Crippen LogP contribution in [0.25, 0.3) is 5.69 Å². The van der Waals surface area contributed by atoms with Gasteiger partial charge in [-0.1, -0.05) is 6.07 Å². The second-order valence-electron chi connectivity index (χ2n) is 3.78. The maximum Gasteiger partial charge on any atom is 0.125 e. The van der Waals surface area contributed by atoms with E-state index in [-0.39, 0.29) is 6.04 Å². The Kier molecular flexibility index (Phi) is 3.68. The molecule has 1 aromatic carbocycles. The number of ether oxygens (including phenoxy) is 1. The molecule has 4 nitrogen and oxygen atoms in total. The van der Waals surface area contributed by atoms with Gasteiger partial charge in [0, 0.05) is 17.8 Å². The fraction of sp³-hybridized carbons (Fsp3) is 0.250. The third-order valence-corrected chi connectivity index (χ3v) is 3.07. The number of methoxy groups -OCH3 is 1. The molecule has 0 saturated heterocycles. The van der Waals surface area contributed by atoms with Crippen molar-refractivity contribution in [3.63, 3.8) is 0 Å². The van der Waals surface area contributed by atoms with E-state index in [2.05, 4.69) is 27.7 Å². The van der Waals surface area contributed by atoms with Crippen LogP contribution in [0.15, 0.2) is 30.6 Å².